The van der Waals surface area contributed by atoms with Crippen LogP contribution in [0.2, 0.25) is 0 Å². The molecule has 3 aliphatic rings. The summed E-state index contributed by atoms with van der Waals surface area (Å²) in [6.07, 6.45) is 6.47. The lowest BCUT2D eigenvalue weighted by atomic mass is 9.77. The highest BCUT2D eigenvalue weighted by Crippen LogP contribution is 2.49. The second-order valence-electron chi connectivity index (χ2n) is 6.94. The third kappa shape index (κ3) is 1.88. The Morgan fingerprint density at radius 2 is 2.00 bits per heavy atom. The summed E-state index contributed by atoms with van der Waals surface area (Å²) in [7, 11) is 0. The number of anilines is 1. The van der Waals surface area contributed by atoms with Crippen molar-refractivity contribution in [3.63, 3.8) is 0 Å². The lowest BCUT2D eigenvalue weighted by Gasteiger charge is -2.39. The topological polar surface area (TPSA) is 24.1 Å². The van der Waals surface area contributed by atoms with E-state index in [0.717, 1.165) is 6.54 Å². The zero-order valence-corrected chi connectivity index (χ0v) is 13.6. The van der Waals surface area contributed by atoms with Gasteiger partial charge in [-0.2, -0.15) is 11.3 Å². The zero-order chi connectivity index (χ0) is 14.5. The van der Waals surface area contributed by atoms with E-state index in [1.807, 2.05) is 11.3 Å². The molecule has 0 spiro atoms. The number of rotatable bonds is 1. The minimum atomic E-state index is 0.479. The summed E-state index contributed by atoms with van der Waals surface area (Å²) < 4.78 is 0. The Morgan fingerprint density at radius 1 is 1.05 bits per heavy atom. The van der Waals surface area contributed by atoms with Crippen LogP contribution in [-0.2, 0) is 12.8 Å². The predicted molar refractivity (Wildman–Crippen MR) is 92.6 cm³/mol. The fourth-order valence-electron chi connectivity index (χ4n) is 4.74. The first-order chi connectivity index (χ1) is 10.9. The molecule has 2 N–H and O–H groups in total. The van der Waals surface area contributed by atoms with Crippen LogP contribution in [0.3, 0.4) is 0 Å². The average molecular weight is 310 g/mol. The van der Waals surface area contributed by atoms with E-state index in [1.165, 1.54) is 48.9 Å². The molecule has 1 saturated heterocycles. The largest absolute Gasteiger partial charge is 0.377 e. The van der Waals surface area contributed by atoms with Crippen LogP contribution < -0.4 is 10.6 Å². The molecular weight excluding hydrogens is 288 g/mol. The normalized spacial score (nSPS) is 29.4. The van der Waals surface area contributed by atoms with Gasteiger partial charge < -0.3 is 10.6 Å². The number of nitrogens with one attached hydrogen (secondary N) is 2. The molecule has 114 valence electrons. The van der Waals surface area contributed by atoms with E-state index in [4.69, 9.17) is 0 Å². The van der Waals surface area contributed by atoms with Crippen molar-refractivity contribution in [3.8, 4) is 0 Å². The van der Waals surface area contributed by atoms with Crippen molar-refractivity contribution < 1.29 is 0 Å². The average Bonchev–Trinajstić information content (AvgIpc) is 3.25. The van der Waals surface area contributed by atoms with Gasteiger partial charge in [-0.3, -0.25) is 0 Å². The van der Waals surface area contributed by atoms with Crippen molar-refractivity contribution in [2.24, 2.45) is 5.92 Å². The van der Waals surface area contributed by atoms with E-state index in [1.54, 1.807) is 11.1 Å². The Bertz CT molecular complexity index is 692. The first-order valence-electron chi connectivity index (χ1n) is 8.58. The molecule has 2 nitrogen and oxygen atoms in total. The maximum Gasteiger partial charge on any atom is 0.0569 e. The van der Waals surface area contributed by atoms with Crippen molar-refractivity contribution in [1.29, 1.82) is 0 Å². The highest BCUT2D eigenvalue weighted by atomic mass is 32.1. The third-order valence-corrected chi connectivity index (χ3v) is 6.50. The molecule has 1 aromatic heterocycles. The Kier molecular flexibility index (Phi) is 3.05. The molecule has 5 rings (SSSR count). The maximum atomic E-state index is 3.97. The van der Waals surface area contributed by atoms with Gasteiger partial charge in [0.1, 0.15) is 0 Å². The van der Waals surface area contributed by atoms with Crippen LogP contribution in [0.4, 0.5) is 5.69 Å². The lowest BCUT2D eigenvalue weighted by Crippen LogP contribution is -2.33. The van der Waals surface area contributed by atoms with Crippen LogP contribution in [0, 0.1) is 5.92 Å². The van der Waals surface area contributed by atoms with Gasteiger partial charge in [-0.1, -0.05) is 12.1 Å². The van der Waals surface area contributed by atoms with Gasteiger partial charge in [-0.15, -0.1) is 0 Å². The number of benzene rings is 1. The number of aryl methyl sites for hydroxylation is 1. The summed E-state index contributed by atoms with van der Waals surface area (Å²) in [6.45, 7) is 1.15. The molecule has 22 heavy (non-hydrogen) atoms. The predicted octanol–water partition coefficient (Wildman–Crippen LogP) is 4.44. The van der Waals surface area contributed by atoms with Crippen LogP contribution in [-0.4, -0.2) is 6.54 Å². The molecule has 3 heterocycles. The fraction of sp³-hybridized carbons (Fsp3) is 0.474. The molecular formula is C19H22N2S. The molecule has 3 heteroatoms. The van der Waals surface area contributed by atoms with E-state index in [2.05, 4.69) is 39.6 Å². The van der Waals surface area contributed by atoms with Crippen molar-refractivity contribution in [2.75, 3.05) is 11.9 Å². The quantitative estimate of drug-likeness (QED) is 0.813. The summed E-state index contributed by atoms with van der Waals surface area (Å²) in [5.41, 5.74) is 7.65. The summed E-state index contributed by atoms with van der Waals surface area (Å²) in [5, 5.41) is 12.3. The van der Waals surface area contributed by atoms with Crippen molar-refractivity contribution in [1.82, 2.24) is 5.32 Å². The molecule has 0 bridgehead atoms. The Morgan fingerprint density at radius 3 is 2.91 bits per heavy atom. The molecule has 1 aromatic carbocycles. The van der Waals surface area contributed by atoms with Gasteiger partial charge in [-0.05, 0) is 77.7 Å². The molecule has 2 aliphatic heterocycles. The van der Waals surface area contributed by atoms with Gasteiger partial charge in [-0.25, -0.2) is 0 Å². The van der Waals surface area contributed by atoms with Gasteiger partial charge in [0.25, 0.3) is 0 Å². The van der Waals surface area contributed by atoms with Crippen molar-refractivity contribution in [3.05, 3.63) is 51.2 Å². The first kappa shape index (κ1) is 13.1. The Labute approximate surface area is 135 Å². The second-order valence-corrected chi connectivity index (χ2v) is 7.72. The third-order valence-electron chi connectivity index (χ3n) is 5.80. The fourth-order valence-corrected chi connectivity index (χ4v) is 5.44. The van der Waals surface area contributed by atoms with E-state index in [-0.39, 0.29) is 0 Å². The first-order valence-corrected chi connectivity index (χ1v) is 9.53. The summed E-state index contributed by atoms with van der Waals surface area (Å²) in [4.78, 5) is 0. The van der Waals surface area contributed by atoms with E-state index in [9.17, 15) is 0 Å². The summed E-state index contributed by atoms with van der Waals surface area (Å²) in [5.74, 6) is 0.684. The monoisotopic (exact) mass is 310 g/mol. The van der Waals surface area contributed by atoms with Gasteiger partial charge in [0, 0.05) is 17.6 Å². The Balaban J connectivity index is 1.65. The molecule has 0 radical (unpaired) electrons. The lowest BCUT2D eigenvalue weighted by molar-refractivity contribution is 0.390. The molecule has 0 unspecified atom stereocenters. The van der Waals surface area contributed by atoms with Crippen LogP contribution in [0.1, 0.15) is 53.6 Å². The second kappa shape index (κ2) is 5.10. The van der Waals surface area contributed by atoms with Gasteiger partial charge in [0.15, 0.2) is 0 Å². The van der Waals surface area contributed by atoms with Gasteiger partial charge in [0.05, 0.1) is 6.04 Å². The van der Waals surface area contributed by atoms with E-state index < -0.39 is 0 Å². The SMILES string of the molecule is c1cc([C@@H]2Nc3c(ccc4c3CCCC4)[C@@H]3NCC[C@H]23)cs1. The minimum Gasteiger partial charge on any atom is -0.377 e. The van der Waals surface area contributed by atoms with Crippen LogP contribution in [0.25, 0.3) is 0 Å². The minimum absolute atomic E-state index is 0.479. The highest BCUT2D eigenvalue weighted by Gasteiger charge is 2.41. The molecule has 0 saturated carbocycles. The molecule has 3 atom stereocenters. The molecule has 1 aliphatic carbocycles. The van der Waals surface area contributed by atoms with Crippen LogP contribution in [0.15, 0.2) is 29.0 Å². The maximum absolute atomic E-state index is 3.97. The number of fused-ring (bicyclic) bond motifs is 5. The summed E-state index contributed by atoms with van der Waals surface area (Å²) >= 11 is 1.82. The number of hydrogen-bond acceptors (Lipinski definition) is 3. The Hall–Kier alpha value is -1.32. The van der Waals surface area contributed by atoms with E-state index in [0.29, 0.717) is 18.0 Å². The van der Waals surface area contributed by atoms with Gasteiger partial charge in [0.2, 0.25) is 0 Å². The summed E-state index contributed by atoms with van der Waals surface area (Å²) in [6, 6.07) is 8.11. The molecule has 1 fully saturated rings. The zero-order valence-electron chi connectivity index (χ0n) is 12.8. The molecule has 2 aromatic rings. The van der Waals surface area contributed by atoms with Crippen molar-refractivity contribution in [2.45, 2.75) is 44.2 Å². The van der Waals surface area contributed by atoms with E-state index >= 15 is 0 Å². The van der Waals surface area contributed by atoms with Gasteiger partial charge >= 0.3 is 0 Å². The van der Waals surface area contributed by atoms with Crippen molar-refractivity contribution >= 4 is 17.0 Å². The van der Waals surface area contributed by atoms with Crippen LogP contribution in [0.5, 0.6) is 0 Å². The standard InChI is InChI=1S/C19H22N2S/c1-2-4-14-12(3-1)5-6-15-18-16(7-9-20-18)17(21-19(14)15)13-8-10-22-11-13/h5-6,8,10-11,16-18,20-21H,1-4,7,9H2/t16-,17+,18+/m1/s1. The number of hydrogen-bond donors (Lipinski definition) is 2. The number of thiophene rings is 1. The molecule has 0 amide bonds. The van der Waals surface area contributed by atoms with Crippen LogP contribution >= 0.6 is 11.3 Å². The highest BCUT2D eigenvalue weighted by molar-refractivity contribution is 7.08. The smallest absolute Gasteiger partial charge is 0.0569 e.